The van der Waals surface area contributed by atoms with Gasteiger partial charge in [0.25, 0.3) is 0 Å². The number of rotatable bonds is 9. The lowest BCUT2D eigenvalue weighted by atomic mass is 9.88. The summed E-state index contributed by atoms with van der Waals surface area (Å²) in [6.07, 6.45) is 2.58. The molecule has 1 saturated heterocycles. The second-order valence-electron chi connectivity index (χ2n) is 9.61. The van der Waals surface area contributed by atoms with Gasteiger partial charge in [0.05, 0.1) is 6.54 Å². The zero-order valence-corrected chi connectivity index (χ0v) is 22.3. The monoisotopic (exact) mass is 530 g/mol. The highest BCUT2D eigenvalue weighted by atomic mass is 35.5. The summed E-state index contributed by atoms with van der Waals surface area (Å²) in [5.41, 5.74) is 4.74. The quantitative estimate of drug-likeness (QED) is 0.393. The van der Waals surface area contributed by atoms with Crippen LogP contribution in [0.3, 0.4) is 0 Å². The Bertz CT molecular complexity index is 1110. The highest BCUT2D eigenvalue weighted by molar-refractivity contribution is 6.31. The van der Waals surface area contributed by atoms with Crippen molar-refractivity contribution in [3.05, 3.63) is 63.7 Å². The van der Waals surface area contributed by atoms with Crippen LogP contribution in [-0.2, 0) is 16.1 Å². The van der Waals surface area contributed by atoms with Gasteiger partial charge in [-0.05, 0) is 68.0 Å². The topological polar surface area (TPSA) is 107 Å². The molecule has 1 saturated carbocycles. The number of nitrogens with zero attached hydrogens (tertiary/aromatic N) is 2. The lowest BCUT2D eigenvalue weighted by Gasteiger charge is -2.42. The van der Waals surface area contributed by atoms with Crippen molar-refractivity contribution in [1.82, 2.24) is 9.80 Å². The van der Waals surface area contributed by atoms with Crippen LogP contribution in [-0.4, -0.2) is 57.2 Å². The van der Waals surface area contributed by atoms with Gasteiger partial charge in [0.1, 0.15) is 12.4 Å². The third kappa shape index (κ3) is 7.69. The lowest BCUT2D eigenvalue weighted by Crippen LogP contribution is -2.41. The molecule has 2 N–H and O–H groups in total. The fraction of sp³-hybridized carbons (Fsp3) is 0.464. The first-order valence-corrected chi connectivity index (χ1v) is 12.9. The minimum atomic E-state index is -1.83. The number of aryl methyl sites for hydroxylation is 2. The van der Waals surface area contributed by atoms with Gasteiger partial charge in [-0.15, -0.1) is 0 Å². The molecule has 8 nitrogen and oxygen atoms in total. The highest BCUT2D eigenvalue weighted by Gasteiger charge is 2.30. The number of halogens is 1. The van der Waals surface area contributed by atoms with E-state index in [0.717, 1.165) is 28.4 Å². The molecule has 0 spiro atoms. The summed E-state index contributed by atoms with van der Waals surface area (Å²) in [6, 6.07) is 13.6. The third-order valence-electron chi connectivity index (χ3n) is 7.04. The Hall–Kier alpha value is -3.10. The molecule has 0 bridgehead atoms. The number of likely N-dealkylation sites (tertiary alicyclic amines) is 1. The van der Waals surface area contributed by atoms with Gasteiger partial charge in [0.15, 0.2) is 0 Å². The Morgan fingerprint density at radius 3 is 2.27 bits per heavy atom. The summed E-state index contributed by atoms with van der Waals surface area (Å²) in [5, 5.41) is 14.8. The van der Waals surface area contributed by atoms with Crippen LogP contribution in [0.1, 0.15) is 67.3 Å². The number of hydrogen-bond acceptors (Lipinski definition) is 5. The largest absolute Gasteiger partial charge is 0.503 e. The van der Waals surface area contributed by atoms with E-state index in [9.17, 15) is 9.59 Å². The SMILES string of the molecule is Cc1cc([C@H](C)N(Cc2ccc(OCCN3C(=O)CCC3=O)c(C)c2)C2CCC2)ccc1Cl.O=C(O)O. The minimum absolute atomic E-state index is 0.100. The van der Waals surface area contributed by atoms with Crippen LogP contribution in [0.15, 0.2) is 36.4 Å². The van der Waals surface area contributed by atoms with Gasteiger partial charge < -0.3 is 14.9 Å². The number of imide groups is 1. The number of ether oxygens (including phenoxy) is 1. The minimum Gasteiger partial charge on any atom is -0.491 e. The second kappa shape index (κ2) is 12.9. The number of amides is 2. The molecule has 2 amide bonds. The van der Waals surface area contributed by atoms with Gasteiger partial charge in [-0.25, -0.2) is 4.79 Å². The maximum atomic E-state index is 11.8. The number of carboxylic acid groups (broad SMARTS) is 2. The maximum Gasteiger partial charge on any atom is 0.503 e. The zero-order chi connectivity index (χ0) is 27.1. The van der Waals surface area contributed by atoms with Crippen LogP contribution in [0.25, 0.3) is 0 Å². The van der Waals surface area contributed by atoms with Crippen molar-refractivity contribution >= 4 is 29.6 Å². The summed E-state index contributed by atoms with van der Waals surface area (Å²) in [5.74, 6) is 0.600. The van der Waals surface area contributed by atoms with Crippen LogP contribution in [0.2, 0.25) is 5.02 Å². The van der Waals surface area contributed by atoms with Gasteiger partial charge in [0.2, 0.25) is 11.8 Å². The van der Waals surface area contributed by atoms with Crippen molar-refractivity contribution in [2.24, 2.45) is 0 Å². The van der Waals surface area contributed by atoms with Crippen molar-refractivity contribution in [3.8, 4) is 5.75 Å². The van der Waals surface area contributed by atoms with E-state index in [0.29, 0.717) is 38.1 Å². The average Bonchev–Trinajstić information content (AvgIpc) is 3.12. The highest BCUT2D eigenvalue weighted by Crippen LogP contribution is 2.35. The van der Waals surface area contributed by atoms with Crippen LogP contribution in [0, 0.1) is 13.8 Å². The van der Waals surface area contributed by atoms with E-state index in [2.05, 4.69) is 43.0 Å². The lowest BCUT2D eigenvalue weighted by molar-refractivity contribution is -0.138. The molecule has 0 unspecified atom stereocenters. The van der Waals surface area contributed by atoms with Crippen molar-refractivity contribution in [2.75, 3.05) is 13.2 Å². The molecule has 2 aromatic carbocycles. The molecule has 200 valence electrons. The summed E-state index contributed by atoms with van der Waals surface area (Å²) in [4.78, 5) is 36.0. The molecule has 1 atom stereocenters. The number of hydrogen-bond donors (Lipinski definition) is 2. The average molecular weight is 531 g/mol. The predicted octanol–water partition coefficient (Wildman–Crippen LogP) is 5.82. The van der Waals surface area contributed by atoms with Crippen LogP contribution in [0.4, 0.5) is 4.79 Å². The smallest absolute Gasteiger partial charge is 0.491 e. The molecular formula is C28H35ClN2O6. The summed E-state index contributed by atoms with van der Waals surface area (Å²) in [7, 11) is 0. The number of carbonyl (C=O) groups is 3. The molecule has 2 aliphatic rings. The second-order valence-corrected chi connectivity index (χ2v) is 10.0. The van der Waals surface area contributed by atoms with Crippen molar-refractivity contribution in [2.45, 2.75) is 71.5 Å². The molecule has 1 aliphatic heterocycles. The van der Waals surface area contributed by atoms with E-state index in [1.165, 1.54) is 35.3 Å². The van der Waals surface area contributed by atoms with Crippen LogP contribution >= 0.6 is 11.6 Å². The van der Waals surface area contributed by atoms with Crippen molar-refractivity contribution in [1.29, 1.82) is 0 Å². The first-order chi connectivity index (χ1) is 17.6. The Labute approximate surface area is 222 Å². The maximum absolute atomic E-state index is 11.8. The Balaban J connectivity index is 0.000000886. The van der Waals surface area contributed by atoms with Crippen LogP contribution in [0.5, 0.6) is 5.75 Å². The molecule has 37 heavy (non-hydrogen) atoms. The molecule has 0 radical (unpaired) electrons. The first kappa shape index (κ1) is 28.5. The zero-order valence-electron chi connectivity index (χ0n) is 21.6. The summed E-state index contributed by atoms with van der Waals surface area (Å²) >= 11 is 6.25. The Morgan fingerprint density at radius 2 is 1.73 bits per heavy atom. The van der Waals surface area contributed by atoms with E-state index in [4.69, 9.17) is 31.3 Å². The van der Waals surface area contributed by atoms with Gasteiger partial charge >= 0.3 is 6.16 Å². The van der Waals surface area contributed by atoms with Gasteiger partial charge in [-0.3, -0.25) is 19.4 Å². The summed E-state index contributed by atoms with van der Waals surface area (Å²) in [6.45, 7) is 7.90. The molecule has 0 aromatic heterocycles. The van der Waals surface area contributed by atoms with Crippen LogP contribution < -0.4 is 4.74 Å². The molecule has 1 aliphatic carbocycles. The van der Waals surface area contributed by atoms with E-state index < -0.39 is 6.16 Å². The van der Waals surface area contributed by atoms with E-state index in [1.54, 1.807) is 0 Å². The molecule has 2 aromatic rings. The van der Waals surface area contributed by atoms with Crippen molar-refractivity contribution < 1.29 is 29.3 Å². The molecule has 2 fully saturated rings. The Kier molecular flexibility index (Phi) is 9.94. The normalized spacial score (nSPS) is 16.3. The number of carbonyl (C=O) groups excluding carboxylic acids is 2. The fourth-order valence-corrected chi connectivity index (χ4v) is 4.84. The van der Waals surface area contributed by atoms with Gasteiger partial charge in [0, 0.05) is 36.5 Å². The standard InChI is InChI=1S/C27H33ClN2O3.CH2O3/c1-18-16-22(8-9-24(18)28)20(3)30(23-5-4-6-23)17-21-7-10-25(19(2)15-21)33-14-13-29-26(31)11-12-27(29)32;2-1(3)4/h7-10,15-16,20,23H,4-6,11-14,17H2,1-3H3;(H2,2,3,4)/t20-;/m0./s1. The van der Waals surface area contributed by atoms with Gasteiger partial charge in [-0.2, -0.15) is 0 Å². The third-order valence-corrected chi connectivity index (χ3v) is 7.46. The first-order valence-electron chi connectivity index (χ1n) is 12.6. The predicted molar refractivity (Wildman–Crippen MR) is 141 cm³/mol. The molecular weight excluding hydrogens is 496 g/mol. The Morgan fingerprint density at radius 1 is 1.08 bits per heavy atom. The van der Waals surface area contributed by atoms with Crippen molar-refractivity contribution in [3.63, 3.8) is 0 Å². The van der Waals surface area contributed by atoms with E-state index in [-0.39, 0.29) is 11.8 Å². The molecule has 9 heteroatoms. The molecule has 1 heterocycles. The fourth-order valence-electron chi connectivity index (χ4n) is 4.72. The van der Waals surface area contributed by atoms with Gasteiger partial charge in [-0.1, -0.05) is 42.3 Å². The van der Waals surface area contributed by atoms with E-state index >= 15 is 0 Å². The number of benzene rings is 2. The summed E-state index contributed by atoms with van der Waals surface area (Å²) < 4.78 is 5.90. The molecule has 4 rings (SSSR count). The van der Waals surface area contributed by atoms with E-state index in [1.807, 2.05) is 19.1 Å².